The van der Waals surface area contributed by atoms with Crippen LogP contribution in [0.1, 0.15) is 86.5 Å². The van der Waals surface area contributed by atoms with Gasteiger partial charge in [0.2, 0.25) is 0 Å². The van der Waals surface area contributed by atoms with Crippen molar-refractivity contribution in [2.75, 3.05) is 0 Å². The molecular weight excluding hydrogens is 477 g/mol. The number of hydrogen-bond acceptors (Lipinski definition) is 3. The summed E-state index contributed by atoms with van der Waals surface area (Å²) >= 11 is 0. The van der Waals surface area contributed by atoms with Crippen molar-refractivity contribution >= 4 is 25.1 Å². The van der Waals surface area contributed by atoms with Gasteiger partial charge in [0, 0.05) is 23.6 Å². The Morgan fingerprint density at radius 3 is 1.55 bits per heavy atom. The number of benzene rings is 1. The van der Waals surface area contributed by atoms with Gasteiger partial charge in [-0.15, -0.1) is 0 Å². The number of carbonyl (C=O) groups excluding carboxylic acids is 2. The zero-order chi connectivity index (χ0) is 22.4. The number of aliphatic carboxylic acids is 1. The van der Waals surface area contributed by atoms with Crippen LogP contribution >= 0.6 is 7.92 Å². The van der Waals surface area contributed by atoms with Gasteiger partial charge < -0.3 is 14.8 Å². The van der Waals surface area contributed by atoms with Crippen molar-refractivity contribution in [3.8, 4) is 0 Å². The van der Waals surface area contributed by atoms with E-state index < -0.39 is 13.9 Å². The second-order valence-corrected chi connectivity index (χ2v) is 13.4. The molecule has 0 heterocycles. The number of amides is 1. The second kappa shape index (κ2) is 12.2. The molecule has 6 heteroatoms. The molecule has 1 aromatic carbocycles. The van der Waals surface area contributed by atoms with Crippen molar-refractivity contribution in [1.29, 1.82) is 0 Å². The molecule has 0 aromatic heterocycles. The first kappa shape index (κ1) is 30.5. The second-order valence-electron chi connectivity index (χ2n) is 9.59. The van der Waals surface area contributed by atoms with Gasteiger partial charge in [-0.1, -0.05) is 67.7 Å². The molecule has 1 aromatic rings. The zero-order valence-electron chi connectivity index (χ0n) is 19.9. The molecule has 0 aliphatic carbocycles. The maximum absolute atomic E-state index is 13.3. The number of rotatable bonds is 4. The molecule has 0 atom stereocenters. The van der Waals surface area contributed by atoms with Crippen LogP contribution in [0.25, 0.3) is 0 Å². The fourth-order valence-electron chi connectivity index (χ4n) is 3.78. The molecule has 4 nitrogen and oxygen atoms in total. The Morgan fingerprint density at radius 2 is 1.24 bits per heavy atom. The average Bonchev–Trinajstić information content (AvgIpc) is 2.43. The van der Waals surface area contributed by atoms with Gasteiger partial charge in [-0.05, 0) is 56.3 Å². The van der Waals surface area contributed by atoms with E-state index in [9.17, 15) is 4.79 Å². The van der Waals surface area contributed by atoms with Crippen molar-refractivity contribution < 1.29 is 37.1 Å². The van der Waals surface area contributed by atoms with Crippen LogP contribution in [0.2, 0.25) is 0 Å². The van der Waals surface area contributed by atoms with E-state index in [4.69, 9.17) is 9.90 Å². The Kier molecular flexibility index (Phi) is 12.9. The third kappa shape index (κ3) is 9.79. The van der Waals surface area contributed by atoms with Gasteiger partial charge in [-0.3, -0.25) is 4.79 Å². The van der Waals surface area contributed by atoms with Crippen molar-refractivity contribution in [3.63, 3.8) is 0 Å². The molecule has 0 aliphatic rings. The van der Waals surface area contributed by atoms with Crippen LogP contribution in [0.5, 0.6) is 0 Å². The first-order valence-electron chi connectivity index (χ1n) is 9.91. The first-order chi connectivity index (χ1) is 12.5. The maximum Gasteiger partial charge on any atom is 1.00 e. The molecule has 0 spiro atoms. The molecule has 0 aliphatic heterocycles. The van der Waals surface area contributed by atoms with Gasteiger partial charge in [0.05, 0.1) is 0 Å². The molecule has 0 saturated heterocycles. The van der Waals surface area contributed by atoms with Crippen LogP contribution in [-0.4, -0.2) is 39.2 Å². The zero-order valence-corrected chi connectivity index (χ0v) is 22.3. The van der Waals surface area contributed by atoms with E-state index in [0.717, 1.165) is 12.5 Å². The van der Waals surface area contributed by atoms with E-state index >= 15 is 0 Å². The minimum atomic E-state index is -1.08. The first-order valence-corrected chi connectivity index (χ1v) is 11.3. The Labute approximate surface area is 195 Å². The predicted molar refractivity (Wildman–Crippen MR) is 120 cm³/mol. The summed E-state index contributed by atoms with van der Waals surface area (Å²) in [5.74, 6) is -0.920. The molecule has 1 amide bonds. The summed E-state index contributed by atoms with van der Waals surface area (Å²) in [6.07, 6.45) is 0. The maximum atomic E-state index is 13.3. The van der Waals surface area contributed by atoms with E-state index in [0.29, 0.717) is 0 Å². The molecule has 0 fully saturated rings. The normalized spacial score (nSPS) is 11.7. The van der Waals surface area contributed by atoms with Gasteiger partial charge in [0.15, 0.2) is 0 Å². The Morgan fingerprint density at radius 1 is 0.897 bits per heavy atom. The van der Waals surface area contributed by atoms with E-state index in [2.05, 4.69) is 81.4 Å². The number of nitrogens with zero attached hydrogens (tertiary/aromatic N) is 1. The summed E-state index contributed by atoms with van der Waals surface area (Å²) in [5.41, 5.74) is 0.885. The van der Waals surface area contributed by atoms with Gasteiger partial charge in [-0.25, -0.2) is 0 Å². The Hall–Kier alpha value is -0.670. The molecule has 29 heavy (non-hydrogen) atoms. The van der Waals surface area contributed by atoms with E-state index in [1.165, 1.54) is 5.30 Å². The molecule has 0 N–H and O–H groups in total. The van der Waals surface area contributed by atoms with Crippen LogP contribution < -0.4 is 10.4 Å². The minimum Gasteiger partial charge on any atom is -0.550 e. The Bertz CT molecular complexity index is 635. The number of carboxylic acids is 1. The average molecular weight is 516 g/mol. The monoisotopic (exact) mass is 515 g/mol. The molecule has 1 rings (SSSR count). The largest absolute Gasteiger partial charge is 1.00 e. The molecule has 170 valence electrons. The molecule has 0 saturated carbocycles. The third-order valence-electron chi connectivity index (χ3n) is 4.06. The molecule has 0 unspecified atom stereocenters. The van der Waals surface area contributed by atoms with Crippen molar-refractivity contribution in [3.05, 3.63) is 29.8 Å². The van der Waals surface area contributed by atoms with Crippen molar-refractivity contribution in [1.82, 2.24) is 4.90 Å². The topological polar surface area (TPSA) is 60.4 Å². The molecular formula is C23H39AgNO3P. The number of carbonyl (C=O) groups is 2. The molecule has 0 bridgehead atoms. The minimum absolute atomic E-state index is 0. The summed E-state index contributed by atoms with van der Waals surface area (Å²) in [6.45, 7) is 23.1. The van der Waals surface area contributed by atoms with Crippen LogP contribution in [0, 0.1) is 0 Å². The van der Waals surface area contributed by atoms with Crippen LogP contribution in [-0.2, 0) is 27.2 Å². The van der Waals surface area contributed by atoms with E-state index in [-0.39, 0.29) is 50.7 Å². The fraction of sp³-hybridized carbons (Fsp3) is 0.652. The van der Waals surface area contributed by atoms with Gasteiger partial charge >= 0.3 is 22.4 Å². The summed E-state index contributed by atoms with van der Waals surface area (Å²) in [4.78, 5) is 24.2. The quantitative estimate of drug-likeness (QED) is 0.440. The number of hydrogen-bond donors (Lipinski definition) is 0. The van der Waals surface area contributed by atoms with Crippen LogP contribution in [0.3, 0.4) is 0 Å². The van der Waals surface area contributed by atoms with Gasteiger partial charge in [0.1, 0.15) is 0 Å². The van der Waals surface area contributed by atoms with E-state index in [1.807, 2.05) is 17.0 Å². The van der Waals surface area contributed by atoms with Crippen molar-refractivity contribution in [2.24, 2.45) is 0 Å². The predicted octanol–water partition coefficient (Wildman–Crippen LogP) is 4.40. The van der Waals surface area contributed by atoms with E-state index in [1.54, 1.807) is 0 Å². The summed E-state index contributed by atoms with van der Waals surface area (Å²) in [6, 6.07) is 8.65. The summed E-state index contributed by atoms with van der Waals surface area (Å²) in [7, 11) is -0.502. The standard InChI is InChI=1S/C21H36NOP.C2H4O2.Ag/c1-15(2)22(16(3)4)19(23)17-13-11-12-14-18(17)24(20(5,6)7)21(8,9)10;1-2(3)4;/h11-16H,1-10H3;1H3,(H,3,4);/q;;+1/p-1. The smallest absolute Gasteiger partial charge is 0.550 e. The van der Waals surface area contributed by atoms with Crippen LogP contribution in [0.15, 0.2) is 24.3 Å². The Balaban J connectivity index is 0. The summed E-state index contributed by atoms with van der Waals surface area (Å²) in [5, 5.41) is 10.4. The van der Waals surface area contributed by atoms with Gasteiger partial charge in [-0.2, -0.15) is 0 Å². The number of carboxylic acid groups (broad SMARTS) is 1. The summed E-state index contributed by atoms with van der Waals surface area (Å²) < 4.78 is 0. The third-order valence-corrected chi connectivity index (χ3v) is 7.62. The van der Waals surface area contributed by atoms with Gasteiger partial charge in [0.25, 0.3) is 5.91 Å². The van der Waals surface area contributed by atoms with Crippen molar-refractivity contribution in [2.45, 2.75) is 98.6 Å². The molecule has 0 radical (unpaired) electrons. The van der Waals surface area contributed by atoms with Crippen LogP contribution in [0.4, 0.5) is 0 Å². The SMILES string of the molecule is CC(=O)[O-].CC(C)N(C(=O)c1ccccc1P(C(C)(C)C)C(C)(C)C)C(C)C.[Ag+]. The fourth-order valence-corrected chi connectivity index (χ4v) is 7.89.